The quantitative estimate of drug-likeness (QED) is 0.583. The predicted molar refractivity (Wildman–Crippen MR) is 57.4 cm³/mol. The van der Waals surface area contributed by atoms with Crippen LogP contribution in [0.25, 0.3) is 0 Å². The number of hydrogen-bond acceptors (Lipinski definition) is 5. The van der Waals surface area contributed by atoms with Crippen molar-refractivity contribution in [3.05, 3.63) is 0 Å². The molecule has 0 radical (unpaired) electrons. The Morgan fingerprint density at radius 3 is 2.07 bits per heavy atom. The fraction of sp³-hybridized carbons (Fsp3) is 0.778. The third-order valence-corrected chi connectivity index (χ3v) is 1.38. The molecule has 6 heteroatoms. The minimum absolute atomic E-state index is 0. The van der Waals surface area contributed by atoms with E-state index in [9.17, 15) is 9.59 Å². The number of carbonyl (C=O) groups is 2. The molecule has 0 aromatic rings. The van der Waals surface area contributed by atoms with E-state index in [1.807, 2.05) is 0 Å². The molecule has 0 aromatic carbocycles. The molecule has 0 aliphatic rings. The zero-order chi connectivity index (χ0) is 11.4. The summed E-state index contributed by atoms with van der Waals surface area (Å²) >= 11 is 0. The van der Waals surface area contributed by atoms with E-state index in [1.54, 1.807) is 20.8 Å². The summed E-state index contributed by atoms with van der Waals surface area (Å²) in [5, 5.41) is 0. The van der Waals surface area contributed by atoms with Gasteiger partial charge in [0.1, 0.15) is 6.04 Å². The lowest BCUT2D eigenvalue weighted by Gasteiger charge is -2.16. The second-order valence-corrected chi connectivity index (χ2v) is 4.05. The van der Waals surface area contributed by atoms with Crippen molar-refractivity contribution in [1.82, 2.24) is 0 Å². The van der Waals surface area contributed by atoms with E-state index in [1.165, 1.54) is 6.92 Å². The standard InChI is InChI=1S/C9H17NO4.ClH/c1-6(10)7(11)13-5-14-8(12)9(2,3)4;/h6H,5,10H2,1-4H3;1H/t6-;/m0./s1. The smallest absolute Gasteiger partial charge is 0.325 e. The molecule has 0 heterocycles. The number of carbonyl (C=O) groups excluding carboxylic acids is 2. The summed E-state index contributed by atoms with van der Waals surface area (Å²) < 4.78 is 9.25. The van der Waals surface area contributed by atoms with Crippen molar-refractivity contribution in [3.63, 3.8) is 0 Å². The summed E-state index contributed by atoms with van der Waals surface area (Å²) in [6.07, 6.45) is 0. The zero-order valence-electron chi connectivity index (χ0n) is 9.40. The van der Waals surface area contributed by atoms with Crippen LogP contribution in [0, 0.1) is 5.41 Å². The molecule has 2 N–H and O–H groups in total. The highest BCUT2D eigenvalue weighted by Crippen LogP contribution is 2.14. The third-order valence-electron chi connectivity index (χ3n) is 1.38. The molecule has 0 saturated heterocycles. The van der Waals surface area contributed by atoms with Crippen molar-refractivity contribution in [1.29, 1.82) is 0 Å². The van der Waals surface area contributed by atoms with Crippen LogP contribution in [0.15, 0.2) is 0 Å². The molecule has 90 valence electrons. The average molecular weight is 240 g/mol. The lowest BCUT2D eigenvalue weighted by atomic mass is 9.98. The molecule has 0 aromatic heterocycles. The molecule has 0 bridgehead atoms. The molecule has 0 rings (SSSR count). The van der Waals surface area contributed by atoms with Crippen LogP contribution in [0.1, 0.15) is 27.7 Å². The molecule has 0 saturated carbocycles. The highest BCUT2D eigenvalue weighted by atomic mass is 35.5. The number of rotatable bonds is 3. The van der Waals surface area contributed by atoms with E-state index in [0.717, 1.165) is 0 Å². The summed E-state index contributed by atoms with van der Waals surface area (Å²) in [6.45, 7) is 6.25. The Balaban J connectivity index is 0. The van der Waals surface area contributed by atoms with Gasteiger partial charge in [-0.3, -0.25) is 9.59 Å². The fourth-order valence-electron chi connectivity index (χ4n) is 0.489. The van der Waals surface area contributed by atoms with Gasteiger partial charge in [-0.1, -0.05) is 0 Å². The normalized spacial score (nSPS) is 12.3. The van der Waals surface area contributed by atoms with Crippen molar-refractivity contribution in [2.24, 2.45) is 11.1 Å². The van der Waals surface area contributed by atoms with E-state index < -0.39 is 23.4 Å². The lowest BCUT2D eigenvalue weighted by molar-refractivity contribution is -0.173. The van der Waals surface area contributed by atoms with Crippen LogP contribution in [-0.4, -0.2) is 24.8 Å². The Kier molecular flexibility index (Phi) is 7.35. The average Bonchev–Trinajstić information content (AvgIpc) is 2.01. The maximum absolute atomic E-state index is 11.2. The van der Waals surface area contributed by atoms with E-state index in [0.29, 0.717) is 0 Å². The first kappa shape index (κ1) is 16.6. The van der Waals surface area contributed by atoms with Crippen LogP contribution >= 0.6 is 12.4 Å². The van der Waals surface area contributed by atoms with Gasteiger partial charge in [-0.05, 0) is 27.7 Å². The van der Waals surface area contributed by atoms with Gasteiger partial charge < -0.3 is 15.2 Å². The first-order chi connectivity index (χ1) is 6.25. The highest BCUT2D eigenvalue weighted by molar-refractivity contribution is 5.85. The highest BCUT2D eigenvalue weighted by Gasteiger charge is 2.23. The van der Waals surface area contributed by atoms with Crippen molar-refractivity contribution < 1.29 is 19.1 Å². The van der Waals surface area contributed by atoms with Crippen molar-refractivity contribution in [2.45, 2.75) is 33.7 Å². The zero-order valence-corrected chi connectivity index (χ0v) is 10.2. The largest absolute Gasteiger partial charge is 0.427 e. The second-order valence-electron chi connectivity index (χ2n) is 4.05. The fourth-order valence-corrected chi connectivity index (χ4v) is 0.489. The van der Waals surface area contributed by atoms with E-state index in [2.05, 4.69) is 9.47 Å². The van der Waals surface area contributed by atoms with Gasteiger partial charge in [0.05, 0.1) is 5.41 Å². The maximum atomic E-state index is 11.2. The third kappa shape index (κ3) is 7.16. The Morgan fingerprint density at radius 2 is 1.73 bits per heavy atom. The minimum atomic E-state index is -0.705. The van der Waals surface area contributed by atoms with Gasteiger partial charge in [0.15, 0.2) is 0 Å². The van der Waals surface area contributed by atoms with E-state index in [-0.39, 0.29) is 19.2 Å². The van der Waals surface area contributed by atoms with Crippen LogP contribution in [-0.2, 0) is 19.1 Å². The molecule has 0 aliphatic carbocycles. The van der Waals surface area contributed by atoms with Gasteiger partial charge in [-0.15, -0.1) is 12.4 Å². The molecular weight excluding hydrogens is 222 g/mol. The van der Waals surface area contributed by atoms with Gasteiger partial charge in [0.2, 0.25) is 6.79 Å². The van der Waals surface area contributed by atoms with Gasteiger partial charge in [-0.2, -0.15) is 0 Å². The van der Waals surface area contributed by atoms with Crippen LogP contribution in [0.2, 0.25) is 0 Å². The number of ether oxygens (including phenoxy) is 2. The number of hydrogen-bond donors (Lipinski definition) is 1. The Bertz CT molecular complexity index is 223. The number of esters is 2. The van der Waals surface area contributed by atoms with Gasteiger partial charge in [0.25, 0.3) is 0 Å². The summed E-state index contributed by atoms with van der Waals surface area (Å²) in [7, 11) is 0. The first-order valence-electron chi connectivity index (χ1n) is 4.34. The monoisotopic (exact) mass is 239 g/mol. The summed E-state index contributed by atoms with van der Waals surface area (Å²) in [5.41, 5.74) is 4.63. The van der Waals surface area contributed by atoms with Crippen molar-refractivity contribution in [2.75, 3.05) is 6.79 Å². The molecule has 5 nitrogen and oxygen atoms in total. The Morgan fingerprint density at radius 1 is 1.27 bits per heavy atom. The molecule has 0 fully saturated rings. The van der Waals surface area contributed by atoms with E-state index >= 15 is 0 Å². The molecular formula is C9H18ClNO4. The summed E-state index contributed by atoms with van der Waals surface area (Å²) in [4.78, 5) is 22.0. The predicted octanol–water partition coefficient (Wildman–Crippen LogP) is 0.845. The molecule has 0 spiro atoms. The topological polar surface area (TPSA) is 78.6 Å². The van der Waals surface area contributed by atoms with Crippen molar-refractivity contribution in [3.8, 4) is 0 Å². The molecule has 0 aliphatic heterocycles. The van der Waals surface area contributed by atoms with E-state index in [4.69, 9.17) is 5.73 Å². The lowest BCUT2D eigenvalue weighted by Crippen LogP contribution is -2.31. The molecule has 0 unspecified atom stereocenters. The van der Waals surface area contributed by atoms with Gasteiger partial charge in [0, 0.05) is 0 Å². The SMILES string of the molecule is C[C@H](N)C(=O)OCOC(=O)C(C)(C)C.Cl. The van der Waals surface area contributed by atoms with Crippen LogP contribution in [0.5, 0.6) is 0 Å². The number of halogens is 1. The Hall–Kier alpha value is -0.810. The molecule has 0 amide bonds. The van der Waals surface area contributed by atoms with Gasteiger partial charge >= 0.3 is 11.9 Å². The Labute approximate surface area is 95.7 Å². The van der Waals surface area contributed by atoms with Gasteiger partial charge in [-0.25, -0.2) is 0 Å². The molecule has 15 heavy (non-hydrogen) atoms. The summed E-state index contributed by atoms with van der Waals surface area (Å²) in [5.74, 6) is -1.01. The maximum Gasteiger partial charge on any atom is 0.325 e. The molecule has 1 atom stereocenters. The number of nitrogens with two attached hydrogens (primary N) is 1. The second kappa shape index (κ2) is 6.63. The first-order valence-corrected chi connectivity index (χ1v) is 4.34. The summed E-state index contributed by atoms with van der Waals surface area (Å²) in [6, 6.07) is -0.705. The van der Waals surface area contributed by atoms with Crippen LogP contribution in [0.3, 0.4) is 0 Å². The minimum Gasteiger partial charge on any atom is -0.427 e. The van der Waals surface area contributed by atoms with Crippen molar-refractivity contribution >= 4 is 24.3 Å². The van der Waals surface area contributed by atoms with Crippen LogP contribution < -0.4 is 5.73 Å². The van der Waals surface area contributed by atoms with Crippen LogP contribution in [0.4, 0.5) is 0 Å².